The summed E-state index contributed by atoms with van der Waals surface area (Å²) in [5, 5.41) is 10.4. The first-order valence-corrected chi connectivity index (χ1v) is 4.41. The minimum Gasteiger partial charge on any atom is -0.232 e. The second-order valence-electron chi connectivity index (χ2n) is 2.34. The molecule has 0 aromatic heterocycles. The summed E-state index contributed by atoms with van der Waals surface area (Å²) in [6, 6.07) is 6.59. The van der Waals surface area contributed by atoms with Crippen LogP contribution in [0.5, 0.6) is 0 Å². The molecule has 0 aliphatic heterocycles. The van der Waals surface area contributed by atoms with Gasteiger partial charge in [0.1, 0.15) is 6.61 Å². The summed E-state index contributed by atoms with van der Waals surface area (Å²) in [5.74, 6) is 0. The van der Waals surface area contributed by atoms with Crippen LogP contribution >= 0.6 is 34.8 Å². The van der Waals surface area contributed by atoms with Crippen LogP contribution in [0.3, 0.4) is 0 Å². The molecule has 4 heteroatoms. The zero-order valence-corrected chi connectivity index (χ0v) is 8.33. The molecule has 0 bridgehead atoms. The molecule has 0 fully saturated rings. The maximum atomic E-state index is 10.4. The van der Waals surface area contributed by atoms with Gasteiger partial charge >= 0.3 is 0 Å². The molecule has 0 unspecified atom stereocenters. The Morgan fingerprint density at radius 2 is 1.58 bits per heavy atom. The van der Waals surface area contributed by atoms with Crippen LogP contribution < -0.4 is 0 Å². The van der Waals surface area contributed by atoms with Gasteiger partial charge in [-0.15, -0.1) is 0 Å². The molecule has 0 aliphatic carbocycles. The Balaban J connectivity index is 2.93. The summed E-state index contributed by atoms with van der Waals surface area (Å²) in [5.41, 5.74) is 1.26. The van der Waals surface area contributed by atoms with Gasteiger partial charge < -0.3 is 0 Å². The largest absolute Gasteiger partial charge is 0.232 e. The molecule has 1 aromatic rings. The first-order chi connectivity index (χ1) is 5.54. The molecule has 0 saturated carbocycles. The number of hydrogen-bond donors (Lipinski definition) is 0. The lowest BCUT2D eigenvalue weighted by atomic mass is 10.2. The van der Waals surface area contributed by atoms with E-state index >= 15 is 0 Å². The van der Waals surface area contributed by atoms with E-state index in [2.05, 4.69) is 0 Å². The molecule has 12 heavy (non-hydrogen) atoms. The second kappa shape index (κ2) is 3.84. The van der Waals surface area contributed by atoms with Crippen LogP contribution in [0.1, 0.15) is 11.1 Å². The highest BCUT2D eigenvalue weighted by Gasteiger charge is 2.21. The van der Waals surface area contributed by atoms with Crippen molar-refractivity contribution < 1.29 is 5.11 Å². The monoisotopic (exact) mass is 223 g/mol. The van der Waals surface area contributed by atoms with Crippen molar-refractivity contribution in [1.29, 1.82) is 0 Å². The molecule has 0 heterocycles. The highest BCUT2D eigenvalue weighted by atomic mass is 35.6. The van der Waals surface area contributed by atoms with Crippen molar-refractivity contribution in [3.8, 4) is 0 Å². The van der Waals surface area contributed by atoms with E-state index in [-0.39, 0.29) is 6.61 Å². The van der Waals surface area contributed by atoms with Crippen LogP contribution in [0.4, 0.5) is 0 Å². The average molecular weight is 224 g/mol. The summed E-state index contributed by atoms with van der Waals surface area (Å²) in [6.45, 7) is -0.250. The molecule has 0 saturated heterocycles. The van der Waals surface area contributed by atoms with Crippen LogP contribution in [0.25, 0.3) is 0 Å². The molecule has 0 amide bonds. The van der Waals surface area contributed by atoms with Crippen molar-refractivity contribution in [2.45, 2.75) is 10.4 Å². The van der Waals surface area contributed by atoms with E-state index in [4.69, 9.17) is 34.8 Å². The van der Waals surface area contributed by atoms with E-state index in [0.717, 1.165) is 0 Å². The van der Waals surface area contributed by atoms with Crippen LogP contribution in [0, 0.1) is 0 Å². The molecule has 1 radical (unpaired) electrons. The third-order valence-electron chi connectivity index (χ3n) is 1.45. The molecule has 0 N–H and O–H groups in total. The second-order valence-corrected chi connectivity index (χ2v) is 4.62. The lowest BCUT2D eigenvalue weighted by molar-refractivity contribution is 0.177. The Hall–Kier alpha value is 0.0500. The summed E-state index contributed by atoms with van der Waals surface area (Å²) in [6.07, 6.45) is 0. The van der Waals surface area contributed by atoms with Crippen molar-refractivity contribution >= 4 is 34.8 Å². The van der Waals surface area contributed by atoms with Gasteiger partial charge in [0.15, 0.2) is 0 Å². The molecule has 0 aliphatic rings. The zero-order chi connectivity index (χ0) is 9.19. The van der Waals surface area contributed by atoms with Crippen molar-refractivity contribution in [3.63, 3.8) is 0 Å². The van der Waals surface area contributed by atoms with Crippen molar-refractivity contribution in [3.05, 3.63) is 35.4 Å². The molecule has 0 spiro atoms. The summed E-state index contributed by atoms with van der Waals surface area (Å²) in [7, 11) is 0. The van der Waals surface area contributed by atoms with E-state index < -0.39 is 3.79 Å². The fraction of sp³-hybridized carbons (Fsp3) is 0.250. The van der Waals surface area contributed by atoms with Crippen molar-refractivity contribution in [1.82, 2.24) is 0 Å². The number of rotatable bonds is 1. The number of hydrogen-bond acceptors (Lipinski definition) is 0. The highest BCUT2D eigenvalue weighted by molar-refractivity contribution is 6.66. The van der Waals surface area contributed by atoms with Gasteiger partial charge in [0.25, 0.3) is 0 Å². The van der Waals surface area contributed by atoms with Crippen LogP contribution in [-0.2, 0) is 15.5 Å². The minimum atomic E-state index is -1.40. The summed E-state index contributed by atoms with van der Waals surface area (Å²) >= 11 is 16.8. The fourth-order valence-corrected chi connectivity index (χ4v) is 1.17. The van der Waals surface area contributed by atoms with Gasteiger partial charge in [0.2, 0.25) is 3.79 Å². The van der Waals surface area contributed by atoms with E-state index in [1.165, 1.54) is 0 Å². The molecule has 1 rings (SSSR count). The van der Waals surface area contributed by atoms with Crippen LogP contribution in [0.2, 0.25) is 0 Å². The standard InChI is InChI=1S/C8H6Cl3O/c9-8(10,11)7-3-1-6(5-12)2-4-7/h1-4H,5H2. The van der Waals surface area contributed by atoms with Crippen LogP contribution in [0.15, 0.2) is 24.3 Å². The predicted octanol–water partition coefficient (Wildman–Crippen LogP) is 3.44. The lowest BCUT2D eigenvalue weighted by Gasteiger charge is -2.10. The van der Waals surface area contributed by atoms with Crippen molar-refractivity contribution in [2.75, 3.05) is 0 Å². The van der Waals surface area contributed by atoms with Gasteiger partial charge in [-0.1, -0.05) is 59.1 Å². The average Bonchev–Trinajstić information content (AvgIpc) is 2.03. The number of alkyl halides is 3. The van der Waals surface area contributed by atoms with Gasteiger partial charge in [0.05, 0.1) is 0 Å². The quantitative estimate of drug-likeness (QED) is 0.651. The highest BCUT2D eigenvalue weighted by Crippen LogP contribution is 2.37. The van der Waals surface area contributed by atoms with Crippen LogP contribution in [-0.4, -0.2) is 0 Å². The minimum absolute atomic E-state index is 0.250. The van der Waals surface area contributed by atoms with E-state index in [1.807, 2.05) is 0 Å². The first kappa shape index (κ1) is 10.1. The predicted molar refractivity (Wildman–Crippen MR) is 50.1 cm³/mol. The number of halogens is 3. The third-order valence-corrected chi connectivity index (χ3v) is 2.10. The topological polar surface area (TPSA) is 19.9 Å². The molecule has 1 aromatic carbocycles. The van der Waals surface area contributed by atoms with Gasteiger partial charge in [-0.3, -0.25) is 0 Å². The van der Waals surface area contributed by atoms with E-state index in [0.29, 0.717) is 11.1 Å². The Morgan fingerprint density at radius 3 is 1.92 bits per heavy atom. The summed E-state index contributed by atoms with van der Waals surface area (Å²) < 4.78 is -1.40. The van der Waals surface area contributed by atoms with E-state index in [9.17, 15) is 5.11 Å². The lowest BCUT2D eigenvalue weighted by Crippen LogP contribution is -1.99. The molecule has 1 nitrogen and oxygen atoms in total. The Labute approximate surface area is 85.9 Å². The molecular formula is C8H6Cl3O. The smallest absolute Gasteiger partial charge is 0.216 e. The van der Waals surface area contributed by atoms with Crippen molar-refractivity contribution in [2.24, 2.45) is 0 Å². The summed E-state index contributed by atoms with van der Waals surface area (Å²) in [4.78, 5) is 0. The van der Waals surface area contributed by atoms with Gasteiger partial charge in [-0.25, -0.2) is 5.11 Å². The maximum absolute atomic E-state index is 10.4. The Kier molecular flexibility index (Phi) is 3.24. The first-order valence-electron chi connectivity index (χ1n) is 3.28. The Bertz CT molecular complexity index is 250. The zero-order valence-electron chi connectivity index (χ0n) is 6.06. The fourth-order valence-electron chi connectivity index (χ4n) is 0.790. The van der Waals surface area contributed by atoms with Gasteiger partial charge in [-0.05, 0) is 5.56 Å². The normalized spacial score (nSPS) is 11.7. The SMILES string of the molecule is [O]Cc1ccc(C(Cl)(Cl)Cl)cc1. The van der Waals surface area contributed by atoms with Gasteiger partial charge in [0, 0.05) is 5.56 Å². The third kappa shape index (κ3) is 2.53. The van der Waals surface area contributed by atoms with Gasteiger partial charge in [-0.2, -0.15) is 0 Å². The van der Waals surface area contributed by atoms with E-state index in [1.54, 1.807) is 24.3 Å². The molecule has 0 atom stereocenters. The molecule has 65 valence electrons. The maximum Gasteiger partial charge on any atom is 0.216 e. The number of benzene rings is 1. The Morgan fingerprint density at radius 1 is 1.08 bits per heavy atom. The molecular weight excluding hydrogens is 218 g/mol.